The summed E-state index contributed by atoms with van der Waals surface area (Å²) in [5.74, 6) is 1.81. The summed E-state index contributed by atoms with van der Waals surface area (Å²) >= 11 is 1.41. The molecule has 2 aromatic rings. The molecule has 1 N–H and O–H groups in total. The number of amidine groups is 1. The zero-order chi connectivity index (χ0) is 19.1. The fourth-order valence-electron chi connectivity index (χ4n) is 3.32. The van der Waals surface area contributed by atoms with Crippen molar-refractivity contribution < 1.29 is 14.3 Å². The van der Waals surface area contributed by atoms with Crippen LogP contribution in [0.2, 0.25) is 0 Å². The highest BCUT2D eigenvalue weighted by atomic mass is 32.2. The fourth-order valence-corrected chi connectivity index (χ4v) is 3.91. The van der Waals surface area contributed by atoms with Gasteiger partial charge in [0.25, 0.3) is 5.91 Å². The Balaban J connectivity index is 1.68. The number of para-hydroxylation sites is 1. The number of carbonyl (C=O) groups is 1. The number of fused-ring (bicyclic) bond motifs is 3. The van der Waals surface area contributed by atoms with Crippen LogP contribution in [0.25, 0.3) is 5.70 Å². The molecule has 1 atom stereocenters. The predicted octanol–water partition coefficient (Wildman–Crippen LogP) is 1.48. The molecule has 0 aromatic heterocycles. The fraction of sp³-hybridized carbons (Fsp3) is 0.150. The zero-order valence-electron chi connectivity index (χ0n) is 14.8. The van der Waals surface area contributed by atoms with Crippen molar-refractivity contribution in [2.24, 2.45) is 10.1 Å². The van der Waals surface area contributed by atoms with Crippen molar-refractivity contribution in [2.75, 3.05) is 12.5 Å². The van der Waals surface area contributed by atoms with Crippen LogP contribution in [-0.4, -0.2) is 28.6 Å². The number of hydrogen-bond donors (Lipinski definition) is 1. The highest BCUT2D eigenvalue weighted by molar-refractivity contribution is 8.14. The van der Waals surface area contributed by atoms with Crippen LogP contribution >= 0.6 is 11.8 Å². The molecule has 0 radical (unpaired) electrons. The van der Waals surface area contributed by atoms with Crippen molar-refractivity contribution in [1.29, 1.82) is 0 Å². The minimum atomic E-state index is -0.482. The first-order chi connectivity index (χ1) is 13.7. The number of nitrogens with zero attached hydrogens (tertiary/aromatic N) is 3. The number of amides is 1. The third-order valence-corrected chi connectivity index (χ3v) is 5.41. The summed E-state index contributed by atoms with van der Waals surface area (Å²) in [6.45, 7) is 3.92. The number of hydrazone groups is 1. The number of hydrogen-bond acceptors (Lipinski definition) is 7. The smallest absolute Gasteiger partial charge is 0.276 e. The highest BCUT2D eigenvalue weighted by Gasteiger charge is 2.34. The van der Waals surface area contributed by atoms with Gasteiger partial charge in [-0.25, -0.2) is 5.01 Å². The van der Waals surface area contributed by atoms with E-state index in [2.05, 4.69) is 17.0 Å². The summed E-state index contributed by atoms with van der Waals surface area (Å²) in [5, 5.41) is 11.3. The lowest BCUT2D eigenvalue weighted by atomic mass is 10.1. The minimum absolute atomic E-state index is 0.199. The highest BCUT2D eigenvalue weighted by Crippen LogP contribution is 2.37. The van der Waals surface area contributed by atoms with E-state index in [9.17, 15) is 4.79 Å². The van der Waals surface area contributed by atoms with Gasteiger partial charge in [-0.05, 0) is 18.2 Å². The van der Waals surface area contributed by atoms with Gasteiger partial charge in [-0.2, -0.15) is 0 Å². The average molecular weight is 392 g/mol. The van der Waals surface area contributed by atoms with Gasteiger partial charge in [-0.3, -0.25) is 15.1 Å². The molecule has 3 heterocycles. The second kappa shape index (κ2) is 6.72. The van der Waals surface area contributed by atoms with Crippen LogP contribution in [0.5, 0.6) is 11.5 Å². The molecule has 5 rings (SSSR count). The van der Waals surface area contributed by atoms with Crippen molar-refractivity contribution in [2.45, 2.75) is 6.17 Å². The quantitative estimate of drug-likeness (QED) is 0.801. The molecule has 0 saturated carbocycles. The third-order valence-electron chi connectivity index (χ3n) is 4.55. The SMILES string of the molecule is C=CCSC1=NN2C(=c3ccccc3=NC2c2ccc3c(c2)OCO3)C(=O)N1. The number of nitrogens with one attached hydrogen (secondary N) is 1. The van der Waals surface area contributed by atoms with Crippen LogP contribution in [0.4, 0.5) is 0 Å². The first kappa shape index (κ1) is 16.9. The molecule has 1 amide bonds. The zero-order valence-corrected chi connectivity index (χ0v) is 15.6. The molecular formula is C20H16N4O3S. The van der Waals surface area contributed by atoms with Crippen LogP contribution < -0.4 is 25.4 Å². The Bertz CT molecular complexity index is 1140. The molecule has 2 aromatic carbocycles. The normalized spacial score (nSPS) is 19.2. The lowest BCUT2D eigenvalue weighted by Gasteiger charge is -2.34. The lowest BCUT2D eigenvalue weighted by molar-refractivity contribution is -0.116. The second-order valence-electron chi connectivity index (χ2n) is 6.28. The molecule has 7 nitrogen and oxygen atoms in total. The summed E-state index contributed by atoms with van der Waals surface area (Å²) < 4.78 is 10.9. The van der Waals surface area contributed by atoms with E-state index in [4.69, 9.17) is 14.5 Å². The molecule has 0 spiro atoms. The Morgan fingerprint density at radius 3 is 3.00 bits per heavy atom. The Hall–Kier alpha value is -3.26. The van der Waals surface area contributed by atoms with E-state index in [-0.39, 0.29) is 12.7 Å². The van der Waals surface area contributed by atoms with Crippen LogP contribution in [0, 0.1) is 0 Å². The van der Waals surface area contributed by atoms with E-state index in [1.54, 1.807) is 11.1 Å². The summed E-state index contributed by atoms with van der Waals surface area (Å²) in [7, 11) is 0. The molecule has 0 fully saturated rings. The topological polar surface area (TPSA) is 75.5 Å². The maximum absolute atomic E-state index is 12.9. The number of benzene rings is 2. The van der Waals surface area contributed by atoms with E-state index >= 15 is 0 Å². The van der Waals surface area contributed by atoms with E-state index in [1.165, 1.54) is 11.8 Å². The molecule has 1 unspecified atom stereocenters. The van der Waals surface area contributed by atoms with Crippen LogP contribution in [0.15, 0.2) is 65.2 Å². The van der Waals surface area contributed by atoms with Crippen molar-refractivity contribution in [3.05, 3.63) is 71.3 Å². The van der Waals surface area contributed by atoms with Gasteiger partial charge in [-0.15, -0.1) is 11.7 Å². The Kier molecular flexibility index (Phi) is 4.05. The molecule has 0 bridgehead atoms. The lowest BCUT2D eigenvalue weighted by Crippen LogP contribution is -2.50. The van der Waals surface area contributed by atoms with Gasteiger partial charge >= 0.3 is 0 Å². The predicted molar refractivity (Wildman–Crippen MR) is 106 cm³/mol. The third kappa shape index (κ3) is 2.73. The van der Waals surface area contributed by atoms with Gasteiger partial charge in [0.2, 0.25) is 6.79 Å². The van der Waals surface area contributed by atoms with Crippen LogP contribution in [0.3, 0.4) is 0 Å². The maximum Gasteiger partial charge on any atom is 0.276 e. The number of thioether (sulfide) groups is 1. The van der Waals surface area contributed by atoms with Gasteiger partial charge in [0.1, 0.15) is 5.70 Å². The van der Waals surface area contributed by atoms with E-state index in [0.29, 0.717) is 28.1 Å². The van der Waals surface area contributed by atoms with E-state index in [0.717, 1.165) is 16.1 Å². The molecule has 3 aliphatic rings. The van der Waals surface area contributed by atoms with Crippen LogP contribution in [0.1, 0.15) is 11.7 Å². The van der Waals surface area contributed by atoms with Crippen molar-refractivity contribution >= 4 is 28.5 Å². The molecule has 0 aliphatic carbocycles. The Morgan fingerprint density at radius 1 is 1.25 bits per heavy atom. The summed E-state index contributed by atoms with van der Waals surface area (Å²) in [5.41, 5.74) is 1.35. The minimum Gasteiger partial charge on any atom is -0.454 e. The van der Waals surface area contributed by atoms with Gasteiger partial charge < -0.3 is 9.47 Å². The Labute approximate surface area is 165 Å². The number of carbonyl (C=O) groups excluding carboxylic acids is 1. The van der Waals surface area contributed by atoms with Crippen molar-refractivity contribution in [1.82, 2.24) is 10.3 Å². The summed E-state index contributed by atoms with van der Waals surface area (Å²) in [6, 6.07) is 13.2. The maximum atomic E-state index is 12.9. The first-order valence-corrected chi connectivity index (χ1v) is 9.73. The second-order valence-corrected chi connectivity index (χ2v) is 7.29. The molecular weight excluding hydrogens is 376 g/mol. The summed E-state index contributed by atoms with van der Waals surface area (Å²) in [4.78, 5) is 17.8. The molecule has 0 saturated heterocycles. The Morgan fingerprint density at radius 2 is 2.11 bits per heavy atom. The summed E-state index contributed by atoms with van der Waals surface area (Å²) in [6.07, 6.45) is 1.29. The van der Waals surface area contributed by atoms with E-state index in [1.807, 2.05) is 42.5 Å². The molecule has 8 heteroatoms. The van der Waals surface area contributed by atoms with E-state index < -0.39 is 6.17 Å². The number of rotatable bonds is 3. The van der Waals surface area contributed by atoms with Gasteiger partial charge in [0.05, 0.1) is 5.36 Å². The number of ether oxygens (including phenoxy) is 2. The van der Waals surface area contributed by atoms with Crippen molar-refractivity contribution in [3.8, 4) is 11.5 Å². The molecule has 28 heavy (non-hydrogen) atoms. The van der Waals surface area contributed by atoms with Gasteiger partial charge in [-0.1, -0.05) is 42.1 Å². The largest absolute Gasteiger partial charge is 0.454 e. The average Bonchev–Trinajstić information content (AvgIpc) is 3.19. The molecule has 3 aliphatic heterocycles. The van der Waals surface area contributed by atoms with Gasteiger partial charge in [0, 0.05) is 16.5 Å². The monoisotopic (exact) mass is 392 g/mol. The van der Waals surface area contributed by atoms with Crippen molar-refractivity contribution in [3.63, 3.8) is 0 Å². The van der Waals surface area contributed by atoms with Gasteiger partial charge in [0.15, 0.2) is 22.8 Å². The molecule has 140 valence electrons. The first-order valence-electron chi connectivity index (χ1n) is 8.74. The van der Waals surface area contributed by atoms with Crippen LogP contribution in [-0.2, 0) is 4.79 Å². The standard InChI is InChI=1S/C20H16N4O3S/c1-2-9-28-20-22-19(25)17-13-5-3-4-6-14(13)21-18(24(17)23-20)12-7-8-15-16(10-12)27-11-26-15/h2-8,10,18H,1,9,11H2,(H,22,23,25).